The number of pyridine rings is 2. The lowest BCUT2D eigenvalue weighted by atomic mass is 10.0. The Morgan fingerprint density at radius 2 is 1.42 bits per heavy atom. The second-order valence-electron chi connectivity index (χ2n) is 4.36. The van der Waals surface area contributed by atoms with Gasteiger partial charge in [0.1, 0.15) is 0 Å². The second-order valence-corrected chi connectivity index (χ2v) is 4.36. The molecule has 1 aliphatic rings. The van der Waals surface area contributed by atoms with Gasteiger partial charge in [0.15, 0.2) is 0 Å². The van der Waals surface area contributed by atoms with Gasteiger partial charge in [-0.25, -0.2) is 0 Å². The zero-order valence-electron chi connectivity index (χ0n) is 10.5. The fourth-order valence-corrected chi connectivity index (χ4v) is 2.10. The largest absolute Gasteiger partial charge is 0.256 e. The van der Waals surface area contributed by atoms with Gasteiger partial charge in [-0.2, -0.15) is 0 Å². The van der Waals surface area contributed by atoms with Crippen LogP contribution < -0.4 is 0 Å². The second kappa shape index (κ2) is 5.44. The summed E-state index contributed by atoms with van der Waals surface area (Å²) in [6.45, 7) is 0. The van der Waals surface area contributed by atoms with Crippen molar-refractivity contribution in [2.45, 2.75) is 0 Å². The molecule has 0 amide bonds. The highest BCUT2D eigenvalue weighted by molar-refractivity contribution is 5.76. The molecule has 3 rings (SSSR count). The van der Waals surface area contributed by atoms with Crippen LogP contribution in [0.5, 0.6) is 0 Å². The fraction of sp³-hybridized carbons (Fsp3) is 0.0588. The third-order valence-corrected chi connectivity index (χ3v) is 3.02. The number of hydrogen-bond donors (Lipinski definition) is 0. The van der Waals surface area contributed by atoms with Gasteiger partial charge < -0.3 is 0 Å². The highest BCUT2D eigenvalue weighted by atomic mass is 14.7. The van der Waals surface area contributed by atoms with Crippen LogP contribution in [0.2, 0.25) is 0 Å². The Morgan fingerprint density at radius 1 is 0.842 bits per heavy atom. The average Bonchev–Trinajstić information content (AvgIpc) is 3.00. The first-order chi connectivity index (χ1) is 9.43. The van der Waals surface area contributed by atoms with Gasteiger partial charge in [0.05, 0.1) is 11.4 Å². The van der Waals surface area contributed by atoms with Gasteiger partial charge in [0.25, 0.3) is 0 Å². The molecule has 1 aliphatic carbocycles. The van der Waals surface area contributed by atoms with E-state index in [0.29, 0.717) is 5.92 Å². The van der Waals surface area contributed by atoms with Gasteiger partial charge in [-0.1, -0.05) is 42.5 Å². The Balaban J connectivity index is 2.06. The highest BCUT2D eigenvalue weighted by Crippen LogP contribution is 2.23. The van der Waals surface area contributed by atoms with Gasteiger partial charge >= 0.3 is 0 Å². The average molecular weight is 246 g/mol. The summed E-state index contributed by atoms with van der Waals surface area (Å²) in [5.41, 5.74) is 2.98. The van der Waals surface area contributed by atoms with Crippen molar-refractivity contribution in [1.29, 1.82) is 0 Å². The van der Waals surface area contributed by atoms with Gasteiger partial charge in [-0.05, 0) is 24.3 Å². The SMILES string of the molecule is C1=CC(C=C(c2ccccn2)c2ccccn2)C=C1. The van der Waals surface area contributed by atoms with E-state index >= 15 is 0 Å². The van der Waals surface area contributed by atoms with Crippen LogP contribution in [0.4, 0.5) is 0 Å². The van der Waals surface area contributed by atoms with E-state index in [1.54, 1.807) is 0 Å². The van der Waals surface area contributed by atoms with Crippen LogP contribution in [-0.4, -0.2) is 9.97 Å². The monoisotopic (exact) mass is 246 g/mol. The Labute approximate surface area is 112 Å². The number of hydrogen-bond acceptors (Lipinski definition) is 2. The normalized spacial score (nSPS) is 13.7. The van der Waals surface area contributed by atoms with Crippen molar-refractivity contribution in [2.24, 2.45) is 5.92 Å². The maximum Gasteiger partial charge on any atom is 0.0720 e. The Hall–Kier alpha value is -2.48. The molecule has 2 aromatic heterocycles. The lowest BCUT2D eigenvalue weighted by Gasteiger charge is -2.08. The van der Waals surface area contributed by atoms with E-state index in [1.165, 1.54) is 0 Å². The molecule has 2 nitrogen and oxygen atoms in total. The summed E-state index contributed by atoms with van der Waals surface area (Å²) in [5.74, 6) is 0.319. The predicted octanol–water partition coefficient (Wildman–Crippen LogP) is 3.65. The molecule has 19 heavy (non-hydrogen) atoms. The topological polar surface area (TPSA) is 25.8 Å². The first-order valence-electron chi connectivity index (χ1n) is 6.33. The van der Waals surface area contributed by atoms with Crippen molar-refractivity contribution in [1.82, 2.24) is 9.97 Å². The van der Waals surface area contributed by atoms with Crippen molar-refractivity contribution < 1.29 is 0 Å². The molecule has 0 saturated heterocycles. The van der Waals surface area contributed by atoms with Crippen LogP contribution >= 0.6 is 0 Å². The fourth-order valence-electron chi connectivity index (χ4n) is 2.10. The summed E-state index contributed by atoms with van der Waals surface area (Å²) in [6, 6.07) is 11.9. The third-order valence-electron chi connectivity index (χ3n) is 3.02. The van der Waals surface area contributed by atoms with Crippen LogP contribution in [0.3, 0.4) is 0 Å². The molecule has 0 N–H and O–H groups in total. The van der Waals surface area contributed by atoms with E-state index in [2.05, 4.69) is 40.3 Å². The van der Waals surface area contributed by atoms with Crippen LogP contribution in [0, 0.1) is 5.92 Å². The van der Waals surface area contributed by atoms with Crippen molar-refractivity contribution in [2.75, 3.05) is 0 Å². The Morgan fingerprint density at radius 3 is 1.89 bits per heavy atom. The Bertz CT molecular complexity index is 571. The lowest BCUT2D eigenvalue weighted by molar-refractivity contribution is 1.08. The summed E-state index contributed by atoms with van der Waals surface area (Å²) >= 11 is 0. The number of rotatable bonds is 3. The molecular formula is C17H14N2. The minimum absolute atomic E-state index is 0.319. The van der Waals surface area contributed by atoms with Gasteiger partial charge in [0.2, 0.25) is 0 Å². The zero-order valence-corrected chi connectivity index (χ0v) is 10.5. The molecule has 0 atom stereocenters. The van der Waals surface area contributed by atoms with Crippen LogP contribution in [-0.2, 0) is 0 Å². The molecule has 0 aromatic carbocycles. The van der Waals surface area contributed by atoms with Crippen LogP contribution in [0.15, 0.2) is 79.2 Å². The van der Waals surface area contributed by atoms with E-state index in [0.717, 1.165) is 17.0 Å². The molecule has 92 valence electrons. The van der Waals surface area contributed by atoms with Crippen molar-refractivity contribution in [3.05, 3.63) is 90.6 Å². The summed E-state index contributed by atoms with van der Waals surface area (Å²) in [6.07, 6.45) is 14.3. The lowest BCUT2D eigenvalue weighted by Crippen LogP contribution is -1.96. The van der Waals surface area contributed by atoms with Crippen molar-refractivity contribution in [3.63, 3.8) is 0 Å². The quantitative estimate of drug-likeness (QED) is 0.826. The first kappa shape index (κ1) is 11.6. The van der Waals surface area contributed by atoms with Gasteiger partial charge in [-0.15, -0.1) is 0 Å². The minimum Gasteiger partial charge on any atom is -0.256 e. The highest BCUT2D eigenvalue weighted by Gasteiger charge is 2.10. The summed E-state index contributed by atoms with van der Waals surface area (Å²) in [4.78, 5) is 8.88. The maximum absolute atomic E-state index is 4.44. The molecular weight excluding hydrogens is 232 g/mol. The molecule has 2 heterocycles. The summed E-state index contributed by atoms with van der Waals surface area (Å²) in [7, 11) is 0. The van der Waals surface area contributed by atoms with E-state index in [9.17, 15) is 0 Å². The number of aromatic nitrogens is 2. The van der Waals surface area contributed by atoms with Crippen molar-refractivity contribution in [3.8, 4) is 0 Å². The molecule has 0 fully saturated rings. The van der Waals surface area contributed by atoms with E-state index < -0.39 is 0 Å². The minimum atomic E-state index is 0.319. The first-order valence-corrected chi connectivity index (χ1v) is 6.33. The molecule has 0 spiro atoms. The summed E-state index contributed by atoms with van der Waals surface area (Å²) in [5, 5.41) is 0. The van der Waals surface area contributed by atoms with E-state index in [-0.39, 0.29) is 0 Å². The zero-order chi connectivity index (χ0) is 12.9. The van der Waals surface area contributed by atoms with Gasteiger partial charge in [-0.3, -0.25) is 9.97 Å². The van der Waals surface area contributed by atoms with Crippen LogP contribution in [0.1, 0.15) is 11.4 Å². The third kappa shape index (κ3) is 2.68. The van der Waals surface area contributed by atoms with Gasteiger partial charge in [0, 0.05) is 23.9 Å². The van der Waals surface area contributed by atoms with Crippen molar-refractivity contribution >= 4 is 5.57 Å². The van der Waals surface area contributed by atoms with E-state index in [4.69, 9.17) is 0 Å². The molecule has 0 aliphatic heterocycles. The molecule has 0 saturated carbocycles. The molecule has 0 radical (unpaired) electrons. The molecule has 2 heteroatoms. The maximum atomic E-state index is 4.44. The standard InChI is InChI=1S/C17H14N2/c1-2-8-14(7-1)13-15(16-9-3-5-11-18-16)17-10-4-6-12-19-17/h1-14H. The molecule has 0 bridgehead atoms. The summed E-state index contributed by atoms with van der Waals surface area (Å²) < 4.78 is 0. The Kier molecular flexibility index (Phi) is 3.32. The predicted molar refractivity (Wildman–Crippen MR) is 77.3 cm³/mol. The van der Waals surface area contributed by atoms with Crippen LogP contribution in [0.25, 0.3) is 5.57 Å². The molecule has 2 aromatic rings. The molecule has 0 unspecified atom stereocenters. The smallest absolute Gasteiger partial charge is 0.0720 e. The van der Waals surface area contributed by atoms with E-state index in [1.807, 2.05) is 48.8 Å². The number of allylic oxidation sites excluding steroid dienone is 5. The number of nitrogens with zero attached hydrogens (tertiary/aromatic N) is 2.